The van der Waals surface area contributed by atoms with Crippen LogP contribution in [0.25, 0.3) is 0 Å². The van der Waals surface area contributed by atoms with Crippen LogP contribution in [0.3, 0.4) is 0 Å². The molecule has 0 saturated heterocycles. The van der Waals surface area contributed by atoms with Crippen molar-refractivity contribution < 1.29 is 22.7 Å². The summed E-state index contributed by atoms with van der Waals surface area (Å²) in [4.78, 5) is 24.6. The zero-order chi connectivity index (χ0) is 25.3. The Bertz CT molecular complexity index is 1260. The molecule has 8 nitrogen and oxygen atoms in total. The molecule has 0 unspecified atom stereocenters. The summed E-state index contributed by atoms with van der Waals surface area (Å²) in [6, 6.07) is 20.6. The highest BCUT2D eigenvalue weighted by molar-refractivity contribution is 7.89. The highest BCUT2D eigenvalue weighted by atomic mass is 35.5. The number of anilines is 1. The van der Waals surface area contributed by atoms with Crippen LogP contribution in [-0.4, -0.2) is 40.0 Å². The highest BCUT2D eigenvalue weighted by Crippen LogP contribution is 2.17. The first-order valence-electron chi connectivity index (χ1n) is 10.9. The average Bonchev–Trinajstić information content (AvgIpc) is 2.84. The van der Waals surface area contributed by atoms with Crippen LogP contribution in [-0.2, 0) is 32.4 Å². The van der Waals surface area contributed by atoms with E-state index in [4.69, 9.17) is 21.5 Å². The minimum absolute atomic E-state index is 0.0250. The molecule has 4 N–H and O–H groups in total. The quantitative estimate of drug-likeness (QED) is 0.337. The number of esters is 1. The SMILES string of the molecule is NS(=O)(=O)c1ccc(CCNC(=O)COC(=O)c2ccccc2NCCc2ccc(Cl)cc2)cc1. The second-order valence-corrected chi connectivity index (χ2v) is 9.71. The van der Waals surface area contributed by atoms with Gasteiger partial charge in [-0.3, -0.25) is 4.79 Å². The summed E-state index contributed by atoms with van der Waals surface area (Å²) >= 11 is 5.91. The van der Waals surface area contributed by atoms with Crippen molar-refractivity contribution in [1.82, 2.24) is 5.32 Å². The molecule has 35 heavy (non-hydrogen) atoms. The fourth-order valence-electron chi connectivity index (χ4n) is 3.26. The van der Waals surface area contributed by atoms with Gasteiger partial charge in [-0.25, -0.2) is 18.4 Å². The molecule has 0 bridgehead atoms. The smallest absolute Gasteiger partial charge is 0.340 e. The first-order valence-corrected chi connectivity index (χ1v) is 12.8. The van der Waals surface area contributed by atoms with Crippen molar-refractivity contribution in [1.29, 1.82) is 0 Å². The van der Waals surface area contributed by atoms with Gasteiger partial charge in [-0.05, 0) is 60.4 Å². The molecule has 0 fully saturated rings. The van der Waals surface area contributed by atoms with Crippen LogP contribution in [0.1, 0.15) is 21.5 Å². The number of nitrogens with one attached hydrogen (secondary N) is 2. The first kappa shape index (κ1) is 26.2. The lowest BCUT2D eigenvalue weighted by Crippen LogP contribution is -2.30. The Labute approximate surface area is 209 Å². The molecule has 0 radical (unpaired) electrons. The zero-order valence-electron chi connectivity index (χ0n) is 18.9. The number of hydrogen-bond donors (Lipinski definition) is 3. The number of primary sulfonamides is 1. The van der Waals surface area contributed by atoms with Gasteiger partial charge >= 0.3 is 5.97 Å². The predicted molar refractivity (Wildman–Crippen MR) is 135 cm³/mol. The molecule has 0 atom stereocenters. The van der Waals surface area contributed by atoms with Crippen molar-refractivity contribution in [2.24, 2.45) is 5.14 Å². The van der Waals surface area contributed by atoms with Gasteiger partial charge in [0.05, 0.1) is 10.5 Å². The van der Waals surface area contributed by atoms with Gasteiger partial charge in [0.25, 0.3) is 5.91 Å². The lowest BCUT2D eigenvalue weighted by atomic mass is 10.1. The van der Waals surface area contributed by atoms with E-state index in [2.05, 4.69) is 10.6 Å². The predicted octanol–water partition coefficient (Wildman–Crippen LogP) is 3.16. The number of benzene rings is 3. The molecule has 0 saturated carbocycles. The first-order chi connectivity index (χ1) is 16.7. The molecule has 0 aliphatic rings. The topological polar surface area (TPSA) is 128 Å². The molecule has 3 aromatic carbocycles. The molecule has 0 aliphatic heterocycles. The second-order valence-electron chi connectivity index (χ2n) is 7.71. The summed E-state index contributed by atoms with van der Waals surface area (Å²) in [6.07, 6.45) is 1.22. The van der Waals surface area contributed by atoms with E-state index in [1.165, 1.54) is 12.1 Å². The molecule has 184 valence electrons. The Morgan fingerprint density at radius 1 is 0.857 bits per heavy atom. The normalized spacial score (nSPS) is 11.0. The van der Waals surface area contributed by atoms with Gasteiger partial charge in [0.2, 0.25) is 10.0 Å². The lowest BCUT2D eigenvalue weighted by molar-refractivity contribution is -0.124. The van der Waals surface area contributed by atoms with E-state index in [9.17, 15) is 18.0 Å². The highest BCUT2D eigenvalue weighted by Gasteiger charge is 2.14. The number of carbonyl (C=O) groups is 2. The van der Waals surface area contributed by atoms with Gasteiger partial charge in [-0.15, -0.1) is 0 Å². The van der Waals surface area contributed by atoms with E-state index < -0.39 is 28.5 Å². The molecule has 0 aromatic heterocycles. The van der Waals surface area contributed by atoms with Crippen molar-refractivity contribution in [3.63, 3.8) is 0 Å². The summed E-state index contributed by atoms with van der Waals surface area (Å²) in [5.41, 5.74) is 2.90. The number of halogens is 1. The van der Waals surface area contributed by atoms with Crippen LogP contribution >= 0.6 is 11.6 Å². The third-order valence-electron chi connectivity index (χ3n) is 5.11. The van der Waals surface area contributed by atoms with Crippen LogP contribution in [0.2, 0.25) is 5.02 Å². The molecule has 0 aliphatic carbocycles. The van der Waals surface area contributed by atoms with Gasteiger partial charge in [0.15, 0.2) is 6.61 Å². The van der Waals surface area contributed by atoms with Gasteiger partial charge in [-0.1, -0.05) is 48.0 Å². The Balaban J connectivity index is 1.43. The monoisotopic (exact) mass is 515 g/mol. The van der Waals surface area contributed by atoms with Crippen molar-refractivity contribution in [2.75, 3.05) is 25.0 Å². The number of amides is 1. The van der Waals surface area contributed by atoms with E-state index in [-0.39, 0.29) is 4.90 Å². The summed E-state index contributed by atoms with van der Waals surface area (Å²) in [6.45, 7) is 0.487. The van der Waals surface area contributed by atoms with Crippen LogP contribution in [0.5, 0.6) is 0 Å². The standard InChI is InChI=1S/C25H26ClN3O5S/c26-20-9-5-18(6-10-20)13-15-28-23-4-2-1-3-22(23)25(31)34-17-24(30)29-16-14-19-7-11-21(12-8-19)35(27,32)33/h1-12,28H,13-17H2,(H,29,30)(H2,27,32,33). The number of para-hydroxylation sites is 1. The van der Waals surface area contributed by atoms with Crippen molar-refractivity contribution in [3.8, 4) is 0 Å². The molecular formula is C25H26ClN3O5S. The molecule has 1 amide bonds. The van der Waals surface area contributed by atoms with Crippen molar-refractivity contribution >= 4 is 39.2 Å². The number of carbonyl (C=O) groups excluding carboxylic acids is 2. The summed E-state index contributed by atoms with van der Waals surface area (Å²) < 4.78 is 27.8. The summed E-state index contributed by atoms with van der Waals surface area (Å²) in [7, 11) is -3.74. The molecule has 3 rings (SSSR count). The Morgan fingerprint density at radius 3 is 2.11 bits per heavy atom. The van der Waals surface area contributed by atoms with E-state index in [1.807, 2.05) is 30.3 Å². The molecule has 10 heteroatoms. The lowest BCUT2D eigenvalue weighted by Gasteiger charge is -2.12. The second kappa shape index (κ2) is 12.3. The maximum Gasteiger partial charge on any atom is 0.340 e. The minimum atomic E-state index is -3.74. The third kappa shape index (κ3) is 8.40. The van der Waals surface area contributed by atoms with Crippen LogP contribution in [0.15, 0.2) is 77.7 Å². The largest absolute Gasteiger partial charge is 0.452 e. The summed E-state index contributed by atoms with van der Waals surface area (Å²) in [5, 5.41) is 11.7. The minimum Gasteiger partial charge on any atom is -0.452 e. The van der Waals surface area contributed by atoms with Gasteiger partial charge < -0.3 is 15.4 Å². The summed E-state index contributed by atoms with van der Waals surface area (Å²) in [5.74, 6) is -1.04. The maximum absolute atomic E-state index is 12.5. The van der Waals surface area contributed by atoms with Gasteiger partial charge in [0, 0.05) is 23.8 Å². The van der Waals surface area contributed by atoms with Crippen LogP contribution in [0, 0.1) is 0 Å². The number of ether oxygens (including phenoxy) is 1. The molecule has 3 aromatic rings. The maximum atomic E-state index is 12.5. The van der Waals surface area contributed by atoms with E-state index in [0.29, 0.717) is 35.8 Å². The fraction of sp³-hybridized carbons (Fsp3) is 0.200. The Hall–Kier alpha value is -3.40. The Kier molecular flexibility index (Phi) is 9.25. The van der Waals surface area contributed by atoms with Gasteiger partial charge in [0.1, 0.15) is 0 Å². The number of sulfonamides is 1. The van der Waals surface area contributed by atoms with Crippen LogP contribution < -0.4 is 15.8 Å². The number of rotatable bonds is 11. The van der Waals surface area contributed by atoms with E-state index in [0.717, 1.165) is 17.5 Å². The van der Waals surface area contributed by atoms with Crippen molar-refractivity contribution in [3.05, 3.63) is 94.5 Å². The zero-order valence-corrected chi connectivity index (χ0v) is 20.4. The van der Waals surface area contributed by atoms with Crippen LogP contribution in [0.4, 0.5) is 5.69 Å². The average molecular weight is 516 g/mol. The number of hydrogen-bond acceptors (Lipinski definition) is 6. The van der Waals surface area contributed by atoms with E-state index in [1.54, 1.807) is 30.3 Å². The third-order valence-corrected chi connectivity index (χ3v) is 6.29. The Morgan fingerprint density at radius 2 is 1.46 bits per heavy atom. The van der Waals surface area contributed by atoms with E-state index >= 15 is 0 Å². The molecule has 0 heterocycles. The molecular weight excluding hydrogens is 490 g/mol. The fourth-order valence-corrected chi connectivity index (χ4v) is 3.90. The van der Waals surface area contributed by atoms with Crippen molar-refractivity contribution in [2.45, 2.75) is 17.7 Å². The molecule has 0 spiro atoms. The van der Waals surface area contributed by atoms with Gasteiger partial charge in [-0.2, -0.15) is 0 Å². The number of nitrogens with two attached hydrogens (primary N) is 1.